The van der Waals surface area contributed by atoms with Gasteiger partial charge in [-0.2, -0.15) is 5.10 Å². The summed E-state index contributed by atoms with van der Waals surface area (Å²) in [5.41, 5.74) is 7.10. The van der Waals surface area contributed by atoms with E-state index in [0.717, 1.165) is 24.2 Å². The van der Waals surface area contributed by atoms with E-state index in [2.05, 4.69) is 10.4 Å². The maximum absolute atomic E-state index is 12.2. The maximum atomic E-state index is 12.2. The van der Waals surface area contributed by atoms with E-state index in [9.17, 15) is 4.79 Å². The van der Waals surface area contributed by atoms with Gasteiger partial charge in [0, 0.05) is 18.3 Å². The number of carbonyl (C=O) groups excluding carboxylic acids is 1. The molecule has 1 heterocycles. The van der Waals surface area contributed by atoms with Gasteiger partial charge in [0.15, 0.2) is 0 Å². The van der Waals surface area contributed by atoms with Gasteiger partial charge in [-0.3, -0.25) is 4.79 Å². The third-order valence-electron chi connectivity index (χ3n) is 3.20. The molecule has 3 N–H and O–H groups in total. The molecule has 0 saturated heterocycles. The summed E-state index contributed by atoms with van der Waals surface area (Å²) in [5.74, 6) is -0.0396. The van der Waals surface area contributed by atoms with Crippen molar-refractivity contribution in [2.45, 2.75) is 19.8 Å². The van der Waals surface area contributed by atoms with Gasteiger partial charge in [0.1, 0.15) is 0 Å². The van der Waals surface area contributed by atoms with Gasteiger partial charge < -0.3 is 11.1 Å². The van der Waals surface area contributed by atoms with E-state index in [4.69, 9.17) is 5.73 Å². The number of nitrogens with two attached hydrogens (primary N) is 1. The fourth-order valence-corrected chi connectivity index (χ4v) is 2.00. The van der Waals surface area contributed by atoms with E-state index >= 15 is 0 Å². The first kappa shape index (κ1) is 14.3. The van der Waals surface area contributed by atoms with E-state index in [1.807, 2.05) is 43.5 Å². The molecule has 5 nitrogen and oxygen atoms in total. The van der Waals surface area contributed by atoms with E-state index in [1.54, 1.807) is 10.9 Å². The van der Waals surface area contributed by atoms with Crippen LogP contribution >= 0.6 is 0 Å². The monoisotopic (exact) mass is 272 g/mol. The van der Waals surface area contributed by atoms with Gasteiger partial charge in [0.05, 0.1) is 11.4 Å². The van der Waals surface area contributed by atoms with Crippen molar-refractivity contribution in [2.24, 2.45) is 11.7 Å². The average molecular weight is 272 g/mol. The van der Waals surface area contributed by atoms with Crippen LogP contribution in [-0.4, -0.2) is 22.2 Å². The van der Waals surface area contributed by atoms with Crippen LogP contribution < -0.4 is 11.1 Å². The van der Waals surface area contributed by atoms with Gasteiger partial charge in [-0.1, -0.05) is 19.1 Å². The molecule has 0 saturated carbocycles. The van der Waals surface area contributed by atoms with Gasteiger partial charge in [0.25, 0.3) is 0 Å². The highest BCUT2D eigenvalue weighted by molar-refractivity contribution is 5.94. The predicted molar refractivity (Wildman–Crippen MR) is 79.6 cm³/mol. The lowest BCUT2D eigenvalue weighted by Gasteiger charge is -2.14. The van der Waals surface area contributed by atoms with Crippen LogP contribution in [0.4, 0.5) is 5.69 Å². The molecule has 0 aliphatic heterocycles. The SMILES string of the molecule is CC(CCCN)C(=O)Nc1ccccc1-n1cccn1. The molecule has 0 radical (unpaired) electrons. The number of benzene rings is 1. The largest absolute Gasteiger partial charge is 0.330 e. The first-order valence-electron chi connectivity index (χ1n) is 6.82. The normalized spacial score (nSPS) is 12.1. The van der Waals surface area contributed by atoms with Crippen LogP contribution in [0, 0.1) is 5.92 Å². The maximum Gasteiger partial charge on any atom is 0.227 e. The highest BCUT2D eigenvalue weighted by atomic mass is 16.1. The Morgan fingerprint density at radius 3 is 2.90 bits per heavy atom. The number of carbonyl (C=O) groups is 1. The minimum atomic E-state index is -0.0516. The zero-order valence-electron chi connectivity index (χ0n) is 11.6. The van der Waals surface area contributed by atoms with E-state index < -0.39 is 0 Å². The van der Waals surface area contributed by atoms with Crippen molar-refractivity contribution in [3.63, 3.8) is 0 Å². The summed E-state index contributed by atoms with van der Waals surface area (Å²) >= 11 is 0. The average Bonchev–Trinajstić information content (AvgIpc) is 2.99. The van der Waals surface area contributed by atoms with Crippen molar-refractivity contribution >= 4 is 11.6 Å². The molecule has 20 heavy (non-hydrogen) atoms. The zero-order valence-corrected chi connectivity index (χ0v) is 11.6. The van der Waals surface area contributed by atoms with Crippen LogP contribution in [0.1, 0.15) is 19.8 Å². The summed E-state index contributed by atoms with van der Waals surface area (Å²) in [6, 6.07) is 9.47. The van der Waals surface area contributed by atoms with Crippen molar-refractivity contribution < 1.29 is 4.79 Å². The van der Waals surface area contributed by atoms with E-state index in [0.29, 0.717) is 6.54 Å². The van der Waals surface area contributed by atoms with Gasteiger partial charge in [-0.05, 0) is 37.6 Å². The molecule has 1 amide bonds. The third-order valence-corrected chi connectivity index (χ3v) is 3.20. The van der Waals surface area contributed by atoms with Gasteiger partial charge in [0.2, 0.25) is 5.91 Å². The Morgan fingerprint density at radius 1 is 1.40 bits per heavy atom. The van der Waals surface area contributed by atoms with Crippen molar-refractivity contribution in [3.8, 4) is 5.69 Å². The Morgan fingerprint density at radius 2 is 2.20 bits per heavy atom. The van der Waals surface area contributed by atoms with Gasteiger partial charge >= 0.3 is 0 Å². The van der Waals surface area contributed by atoms with E-state index in [1.165, 1.54) is 0 Å². The third kappa shape index (κ3) is 3.45. The van der Waals surface area contributed by atoms with Crippen LogP contribution in [0.3, 0.4) is 0 Å². The molecular weight excluding hydrogens is 252 g/mol. The number of nitrogens with zero attached hydrogens (tertiary/aromatic N) is 2. The van der Waals surface area contributed by atoms with Crippen molar-refractivity contribution in [1.29, 1.82) is 0 Å². The molecule has 1 aromatic carbocycles. The summed E-state index contributed by atoms with van der Waals surface area (Å²) < 4.78 is 1.74. The lowest BCUT2D eigenvalue weighted by molar-refractivity contribution is -0.119. The number of nitrogens with one attached hydrogen (secondary N) is 1. The second-order valence-corrected chi connectivity index (χ2v) is 4.79. The van der Waals surface area contributed by atoms with Crippen molar-refractivity contribution in [1.82, 2.24) is 9.78 Å². The molecule has 1 aromatic heterocycles. The van der Waals surface area contributed by atoms with Gasteiger partial charge in [-0.15, -0.1) is 0 Å². The molecule has 1 unspecified atom stereocenters. The minimum absolute atomic E-state index is 0.0121. The molecule has 2 rings (SSSR count). The molecule has 0 bridgehead atoms. The topological polar surface area (TPSA) is 72.9 Å². The van der Waals surface area contributed by atoms with Crippen molar-refractivity contribution in [3.05, 3.63) is 42.7 Å². The number of aromatic nitrogens is 2. The molecule has 0 fully saturated rings. The first-order chi connectivity index (χ1) is 9.72. The van der Waals surface area contributed by atoms with Crippen LogP contribution in [0.2, 0.25) is 0 Å². The molecule has 106 valence electrons. The van der Waals surface area contributed by atoms with Crippen LogP contribution in [0.5, 0.6) is 0 Å². The highest BCUT2D eigenvalue weighted by Crippen LogP contribution is 2.20. The number of rotatable bonds is 6. The molecule has 0 aliphatic rings. The summed E-state index contributed by atoms with van der Waals surface area (Å²) in [6.07, 6.45) is 5.22. The van der Waals surface area contributed by atoms with Crippen molar-refractivity contribution in [2.75, 3.05) is 11.9 Å². The number of para-hydroxylation sites is 2. The first-order valence-corrected chi connectivity index (χ1v) is 6.82. The second kappa shape index (κ2) is 6.86. The molecule has 1 atom stereocenters. The zero-order chi connectivity index (χ0) is 14.4. The highest BCUT2D eigenvalue weighted by Gasteiger charge is 2.14. The van der Waals surface area contributed by atoms with E-state index in [-0.39, 0.29) is 11.8 Å². The fourth-order valence-electron chi connectivity index (χ4n) is 2.00. The minimum Gasteiger partial charge on any atom is -0.330 e. The summed E-state index contributed by atoms with van der Waals surface area (Å²) in [7, 11) is 0. The Labute approximate surface area is 118 Å². The number of hydrogen-bond donors (Lipinski definition) is 2. The number of hydrogen-bond acceptors (Lipinski definition) is 3. The fraction of sp³-hybridized carbons (Fsp3) is 0.333. The second-order valence-electron chi connectivity index (χ2n) is 4.79. The molecule has 0 aliphatic carbocycles. The van der Waals surface area contributed by atoms with Crippen LogP contribution in [-0.2, 0) is 4.79 Å². The Bertz CT molecular complexity index is 551. The summed E-state index contributed by atoms with van der Waals surface area (Å²) in [6.45, 7) is 2.53. The Kier molecular flexibility index (Phi) is 4.90. The molecular formula is C15H20N4O. The van der Waals surface area contributed by atoms with Gasteiger partial charge in [-0.25, -0.2) is 4.68 Å². The molecule has 2 aromatic rings. The van der Waals surface area contributed by atoms with Crippen LogP contribution in [0.25, 0.3) is 5.69 Å². The standard InChI is InChI=1S/C15H20N4O/c1-12(6-4-9-16)15(20)18-13-7-2-3-8-14(13)19-11-5-10-17-19/h2-3,5,7-8,10-12H,4,6,9,16H2,1H3,(H,18,20). The quantitative estimate of drug-likeness (QED) is 0.846. The predicted octanol–water partition coefficient (Wildman–Crippen LogP) is 2.19. The lowest BCUT2D eigenvalue weighted by atomic mass is 10.0. The smallest absolute Gasteiger partial charge is 0.227 e. The lowest BCUT2D eigenvalue weighted by Crippen LogP contribution is -2.22. The molecule has 0 spiro atoms. The van der Waals surface area contributed by atoms with Crippen LogP contribution in [0.15, 0.2) is 42.7 Å². The molecule has 5 heteroatoms. The summed E-state index contributed by atoms with van der Waals surface area (Å²) in [5, 5.41) is 7.16. The number of anilines is 1. The number of amides is 1. The Balaban J connectivity index is 2.12. The summed E-state index contributed by atoms with van der Waals surface area (Å²) in [4.78, 5) is 12.2. The Hall–Kier alpha value is -2.14.